The lowest BCUT2D eigenvalue weighted by atomic mass is 10.1. The zero-order valence-corrected chi connectivity index (χ0v) is 12.7. The molecule has 1 aromatic heterocycles. The van der Waals surface area contributed by atoms with Crippen molar-refractivity contribution in [2.24, 2.45) is 0 Å². The number of hydrogen-bond acceptors (Lipinski definition) is 4. The van der Waals surface area contributed by atoms with Crippen LogP contribution < -0.4 is 10.1 Å². The lowest BCUT2D eigenvalue weighted by Gasteiger charge is -2.06. The molecule has 6 heteroatoms. The van der Waals surface area contributed by atoms with Gasteiger partial charge in [-0.25, -0.2) is 4.39 Å². The van der Waals surface area contributed by atoms with Gasteiger partial charge in [-0.15, -0.1) is 0 Å². The first-order chi connectivity index (χ1) is 11.7. The average molecular weight is 326 g/mol. The van der Waals surface area contributed by atoms with Crippen LogP contribution in [0.5, 0.6) is 5.75 Å². The van der Waals surface area contributed by atoms with Crippen LogP contribution in [-0.4, -0.2) is 24.2 Å². The van der Waals surface area contributed by atoms with Crippen LogP contribution >= 0.6 is 0 Å². The molecule has 0 radical (unpaired) electrons. The van der Waals surface area contributed by atoms with Gasteiger partial charge in [0.1, 0.15) is 23.9 Å². The van der Waals surface area contributed by atoms with E-state index in [0.717, 1.165) is 5.56 Å². The number of benzene rings is 2. The molecule has 0 saturated carbocycles. The van der Waals surface area contributed by atoms with Gasteiger partial charge in [0.15, 0.2) is 0 Å². The van der Waals surface area contributed by atoms with Crippen LogP contribution in [0.1, 0.15) is 10.6 Å². The third kappa shape index (κ3) is 3.98. The second kappa shape index (κ2) is 7.41. The van der Waals surface area contributed by atoms with Crippen LogP contribution in [0.2, 0.25) is 0 Å². The summed E-state index contributed by atoms with van der Waals surface area (Å²) in [6.45, 7) is 0.550. The molecule has 1 heterocycles. The second-order valence-corrected chi connectivity index (χ2v) is 5.00. The predicted octanol–water partition coefficient (Wildman–Crippen LogP) is 3.29. The molecule has 122 valence electrons. The van der Waals surface area contributed by atoms with Gasteiger partial charge in [-0.05, 0) is 24.3 Å². The fourth-order valence-corrected chi connectivity index (χ4v) is 2.08. The van der Waals surface area contributed by atoms with Gasteiger partial charge < -0.3 is 14.6 Å². The maximum Gasteiger partial charge on any atom is 0.290 e. The summed E-state index contributed by atoms with van der Waals surface area (Å²) in [5.41, 5.74) is 1.48. The molecule has 0 atom stereocenters. The number of ether oxygens (including phenoxy) is 1. The fraction of sp³-hybridized carbons (Fsp3) is 0.111. The van der Waals surface area contributed by atoms with E-state index in [1.807, 2.05) is 30.3 Å². The molecule has 1 amide bonds. The van der Waals surface area contributed by atoms with Gasteiger partial charge in [-0.3, -0.25) is 4.79 Å². The molecule has 3 aromatic rings. The summed E-state index contributed by atoms with van der Waals surface area (Å²) in [4.78, 5) is 12.0. The molecule has 0 aliphatic rings. The van der Waals surface area contributed by atoms with E-state index in [0.29, 0.717) is 11.4 Å². The van der Waals surface area contributed by atoms with E-state index in [-0.39, 0.29) is 30.6 Å². The lowest BCUT2D eigenvalue weighted by Crippen LogP contribution is -2.27. The van der Waals surface area contributed by atoms with Crippen LogP contribution in [0.15, 0.2) is 65.2 Å². The molecule has 0 saturated heterocycles. The standard InChI is InChI=1S/C18H15FN2O3/c19-14-6-8-15(9-7-14)23-11-10-20-18(22)17-12-16(21-24-17)13-4-2-1-3-5-13/h1-9,12H,10-11H2,(H,20,22). The van der Waals surface area contributed by atoms with Crippen molar-refractivity contribution in [3.05, 3.63) is 72.2 Å². The summed E-state index contributed by atoms with van der Waals surface area (Å²) in [6, 6.07) is 16.7. The van der Waals surface area contributed by atoms with Crippen molar-refractivity contribution < 1.29 is 18.4 Å². The second-order valence-electron chi connectivity index (χ2n) is 5.00. The minimum Gasteiger partial charge on any atom is -0.492 e. The molecule has 0 aliphatic heterocycles. The highest BCUT2D eigenvalue weighted by Gasteiger charge is 2.13. The Hall–Kier alpha value is -3.15. The van der Waals surface area contributed by atoms with Crippen molar-refractivity contribution in [1.29, 1.82) is 0 Å². The summed E-state index contributed by atoms with van der Waals surface area (Å²) in [5, 5.41) is 6.56. The van der Waals surface area contributed by atoms with Gasteiger partial charge in [-0.2, -0.15) is 0 Å². The molecular formula is C18H15FN2O3. The van der Waals surface area contributed by atoms with Gasteiger partial charge in [0.2, 0.25) is 5.76 Å². The average Bonchev–Trinajstić information content (AvgIpc) is 3.11. The number of halogens is 1. The van der Waals surface area contributed by atoms with Crippen molar-refractivity contribution in [2.75, 3.05) is 13.2 Å². The summed E-state index contributed by atoms with van der Waals surface area (Å²) in [6.07, 6.45) is 0. The van der Waals surface area contributed by atoms with E-state index in [2.05, 4.69) is 10.5 Å². The Balaban J connectivity index is 1.49. The Bertz CT molecular complexity index is 801. The molecule has 24 heavy (non-hydrogen) atoms. The zero-order chi connectivity index (χ0) is 16.8. The molecule has 0 fully saturated rings. The molecule has 1 N–H and O–H groups in total. The monoisotopic (exact) mass is 326 g/mol. The van der Waals surface area contributed by atoms with Crippen molar-refractivity contribution in [2.45, 2.75) is 0 Å². The SMILES string of the molecule is O=C(NCCOc1ccc(F)cc1)c1cc(-c2ccccc2)no1. The fourth-order valence-electron chi connectivity index (χ4n) is 2.08. The minimum atomic E-state index is -0.368. The Kier molecular flexibility index (Phi) is 4.86. The predicted molar refractivity (Wildman–Crippen MR) is 86.2 cm³/mol. The first-order valence-electron chi connectivity index (χ1n) is 7.41. The molecule has 0 spiro atoms. The van der Waals surface area contributed by atoms with Gasteiger partial charge in [0.25, 0.3) is 5.91 Å². The molecule has 0 unspecified atom stereocenters. The van der Waals surface area contributed by atoms with Crippen LogP contribution in [0.3, 0.4) is 0 Å². The Morgan fingerprint density at radius 1 is 1.12 bits per heavy atom. The number of hydrogen-bond donors (Lipinski definition) is 1. The van der Waals surface area contributed by atoms with E-state index in [9.17, 15) is 9.18 Å². The van der Waals surface area contributed by atoms with E-state index < -0.39 is 0 Å². The third-order valence-corrected chi connectivity index (χ3v) is 3.27. The molecule has 5 nitrogen and oxygen atoms in total. The number of rotatable bonds is 6. The van der Waals surface area contributed by atoms with E-state index in [1.54, 1.807) is 6.07 Å². The smallest absolute Gasteiger partial charge is 0.290 e. The number of nitrogens with one attached hydrogen (secondary N) is 1. The number of aromatic nitrogens is 1. The first kappa shape index (κ1) is 15.7. The van der Waals surface area contributed by atoms with E-state index >= 15 is 0 Å². The molecule has 2 aromatic carbocycles. The Morgan fingerprint density at radius 2 is 1.88 bits per heavy atom. The third-order valence-electron chi connectivity index (χ3n) is 3.27. The van der Waals surface area contributed by atoms with Crippen LogP contribution in [0.25, 0.3) is 11.3 Å². The molecule has 0 bridgehead atoms. The van der Waals surface area contributed by atoms with Gasteiger partial charge in [-0.1, -0.05) is 35.5 Å². The highest BCUT2D eigenvalue weighted by molar-refractivity contribution is 5.92. The van der Waals surface area contributed by atoms with Crippen molar-refractivity contribution in [3.63, 3.8) is 0 Å². The highest BCUT2D eigenvalue weighted by Crippen LogP contribution is 2.18. The minimum absolute atomic E-state index is 0.135. The lowest BCUT2D eigenvalue weighted by molar-refractivity contribution is 0.0910. The van der Waals surface area contributed by atoms with Crippen molar-refractivity contribution in [1.82, 2.24) is 10.5 Å². The van der Waals surface area contributed by atoms with Gasteiger partial charge >= 0.3 is 0 Å². The summed E-state index contributed by atoms with van der Waals surface area (Å²) in [7, 11) is 0. The maximum absolute atomic E-state index is 12.8. The molecule has 0 aliphatic carbocycles. The maximum atomic E-state index is 12.8. The Labute approximate surface area is 138 Å². The zero-order valence-electron chi connectivity index (χ0n) is 12.7. The van der Waals surface area contributed by atoms with Crippen molar-refractivity contribution >= 4 is 5.91 Å². The van der Waals surface area contributed by atoms with Crippen LogP contribution in [-0.2, 0) is 0 Å². The highest BCUT2D eigenvalue weighted by atomic mass is 19.1. The number of carbonyl (C=O) groups excluding carboxylic acids is 1. The van der Waals surface area contributed by atoms with Gasteiger partial charge in [0.05, 0.1) is 6.54 Å². The van der Waals surface area contributed by atoms with Crippen molar-refractivity contribution in [3.8, 4) is 17.0 Å². The summed E-state index contributed by atoms with van der Waals surface area (Å²) in [5.74, 6) is -0.0186. The normalized spacial score (nSPS) is 10.4. The Morgan fingerprint density at radius 3 is 2.62 bits per heavy atom. The number of amides is 1. The summed E-state index contributed by atoms with van der Waals surface area (Å²) < 4.78 is 23.2. The van der Waals surface area contributed by atoms with E-state index in [4.69, 9.17) is 9.26 Å². The van der Waals surface area contributed by atoms with Crippen LogP contribution in [0, 0.1) is 5.82 Å². The molecule has 3 rings (SSSR count). The quantitative estimate of drug-likeness (QED) is 0.706. The van der Waals surface area contributed by atoms with Crippen LogP contribution in [0.4, 0.5) is 4.39 Å². The topological polar surface area (TPSA) is 64.4 Å². The number of carbonyl (C=O) groups is 1. The van der Waals surface area contributed by atoms with Gasteiger partial charge in [0, 0.05) is 11.6 Å². The first-order valence-corrected chi connectivity index (χ1v) is 7.41. The van der Waals surface area contributed by atoms with E-state index in [1.165, 1.54) is 24.3 Å². The summed E-state index contributed by atoms with van der Waals surface area (Å²) >= 11 is 0. The largest absolute Gasteiger partial charge is 0.492 e. The number of nitrogens with zero attached hydrogens (tertiary/aromatic N) is 1. The molecular weight excluding hydrogens is 311 g/mol.